The minimum atomic E-state index is -0.725. The highest BCUT2D eigenvalue weighted by Crippen LogP contribution is 2.21. The highest BCUT2D eigenvalue weighted by Gasteiger charge is 2.27. The lowest BCUT2D eigenvalue weighted by Gasteiger charge is -2.20. The van der Waals surface area contributed by atoms with Crippen LogP contribution in [0, 0.1) is 11.2 Å². The fraction of sp³-hybridized carbons (Fsp3) is 0.400. The molecule has 0 aromatic carbocycles. The summed E-state index contributed by atoms with van der Waals surface area (Å²) in [6.45, 7) is 3.38. The maximum absolute atomic E-state index is 13.1. The number of carbonyl (C=O) groups is 1. The fourth-order valence-corrected chi connectivity index (χ4v) is 0.950. The van der Waals surface area contributed by atoms with Crippen molar-refractivity contribution in [2.24, 2.45) is 5.41 Å². The third kappa shape index (κ3) is 2.89. The molecule has 0 fully saturated rings. The van der Waals surface area contributed by atoms with E-state index in [1.807, 2.05) is 0 Å². The second-order valence-electron chi connectivity index (χ2n) is 3.83. The van der Waals surface area contributed by atoms with Crippen molar-refractivity contribution in [3.8, 4) is 0 Å². The molecule has 5 heteroatoms. The summed E-state index contributed by atoms with van der Waals surface area (Å²) in [5.41, 5.74) is -0.606. The van der Waals surface area contributed by atoms with E-state index < -0.39 is 11.2 Å². The Morgan fingerprint density at radius 2 is 2.33 bits per heavy atom. The van der Waals surface area contributed by atoms with Gasteiger partial charge < -0.3 is 5.32 Å². The van der Waals surface area contributed by atoms with Crippen molar-refractivity contribution in [1.82, 2.24) is 4.98 Å². The second-order valence-corrected chi connectivity index (χ2v) is 4.09. The van der Waals surface area contributed by atoms with Crippen LogP contribution in [0.3, 0.4) is 0 Å². The number of halogens is 2. The number of rotatable bonds is 3. The summed E-state index contributed by atoms with van der Waals surface area (Å²) in [6.07, 6.45) is 2.45. The lowest BCUT2D eigenvalue weighted by Crippen LogP contribution is -2.32. The molecule has 0 spiro atoms. The number of hydrogen-bond acceptors (Lipinski definition) is 2. The predicted molar refractivity (Wildman–Crippen MR) is 57.3 cm³/mol. The normalized spacial score (nSPS) is 11.2. The second kappa shape index (κ2) is 4.57. The molecule has 0 atom stereocenters. The van der Waals surface area contributed by atoms with Gasteiger partial charge in [-0.3, -0.25) is 9.78 Å². The average Bonchev–Trinajstić information content (AvgIpc) is 2.21. The lowest BCUT2D eigenvalue weighted by molar-refractivity contribution is -0.123. The molecule has 0 saturated carbocycles. The van der Waals surface area contributed by atoms with Gasteiger partial charge in [0.15, 0.2) is 5.82 Å². The number of alkyl halides is 1. The maximum atomic E-state index is 13.1. The van der Waals surface area contributed by atoms with Gasteiger partial charge in [-0.15, -0.1) is 11.6 Å². The molecule has 1 aromatic rings. The summed E-state index contributed by atoms with van der Waals surface area (Å²) in [5, 5.41) is 2.46. The number of hydrogen-bond donors (Lipinski definition) is 1. The fourth-order valence-electron chi connectivity index (χ4n) is 0.829. The number of carbonyl (C=O) groups excluding carboxylic acids is 1. The van der Waals surface area contributed by atoms with Gasteiger partial charge in [0.2, 0.25) is 5.91 Å². The van der Waals surface area contributed by atoms with E-state index in [-0.39, 0.29) is 17.5 Å². The van der Waals surface area contributed by atoms with Crippen molar-refractivity contribution in [2.75, 3.05) is 11.2 Å². The van der Waals surface area contributed by atoms with Crippen LogP contribution in [0.2, 0.25) is 0 Å². The molecule has 1 heterocycles. The van der Waals surface area contributed by atoms with Crippen LogP contribution >= 0.6 is 11.6 Å². The van der Waals surface area contributed by atoms with Crippen LogP contribution in [-0.4, -0.2) is 16.8 Å². The Morgan fingerprint density at radius 3 is 2.87 bits per heavy atom. The van der Waals surface area contributed by atoms with Gasteiger partial charge in [0, 0.05) is 12.1 Å². The molecule has 0 unspecified atom stereocenters. The third-order valence-corrected chi connectivity index (χ3v) is 2.64. The molecule has 82 valence electrons. The van der Waals surface area contributed by atoms with Gasteiger partial charge in [0.1, 0.15) is 0 Å². The summed E-state index contributed by atoms with van der Waals surface area (Å²) in [5.74, 6) is -0.704. The third-order valence-electron chi connectivity index (χ3n) is 1.97. The number of nitrogens with one attached hydrogen (secondary N) is 1. The lowest BCUT2D eigenvalue weighted by atomic mass is 9.95. The molecule has 0 bridgehead atoms. The highest BCUT2D eigenvalue weighted by atomic mass is 35.5. The maximum Gasteiger partial charge on any atom is 0.231 e. The molecule has 3 nitrogen and oxygen atoms in total. The van der Waals surface area contributed by atoms with E-state index in [4.69, 9.17) is 11.6 Å². The Kier molecular flexibility index (Phi) is 3.63. The Balaban J connectivity index is 2.80. The number of anilines is 1. The monoisotopic (exact) mass is 230 g/mol. The van der Waals surface area contributed by atoms with Gasteiger partial charge in [-0.2, -0.15) is 0 Å². The molecule has 0 aliphatic rings. The first-order valence-corrected chi connectivity index (χ1v) is 4.98. The van der Waals surface area contributed by atoms with Crippen LogP contribution < -0.4 is 5.32 Å². The summed E-state index contributed by atoms with van der Waals surface area (Å²) >= 11 is 5.63. The van der Waals surface area contributed by atoms with Crippen LogP contribution in [0.5, 0.6) is 0 Å². The van der Waals surface area contributed by atoms with E-state index >= 15 is 0 Å². The van der Waals surface area contributed by atoms with E-state index in [9.17, 15) is 9.18 Å². The summed E-state index contributed by atoms with van der Waals surface area (Å²) in [6, 6.07) is 1.40. The Bertz CT molecular complexity index is 368. The van der Waals surface area contributed by atoms with E-state index in [1.54, 1.807) is 13.8 Å². The van der Waals surface area contributed by atoms with Crippen molar-refractivity contribution in [3.05, 3.63) is 24.3 Å². The molecule has 0 saturated heterocycles. The molecule has 15 heavy (non-hydrogen) atoms. The first kappa shape index (κ1) is 11.9. The van der Waals surface area contributed by atoms with Crippen LogP contribution in [-0.2, 0) is 4.79 Å². The zero-order valence-corrected chi connectivity index (χ0v) is 9.31. The Labute approximate surface area is 92.7 Å². The molecular weight excluding hydrogens is 219 g/mol. The highest BCUT2D eigenvalue weighted by molar-refractivity contribution is 6.20. The Hall–Kier alpha value is -1.16. The van der Waals surface area contributed by atoms with Gasteiger partial charge in [-0.05, 0) is 19.9 Å². The number of nitrogens with zero attached hydrogens (tertiary/aromatic N) is 1. The zero-order chi connectivity index (χ0) is 11.5. The van der Waals surface area contributed by atoms with Gasteiger partial charge in [-0.1, -0.05) is 0 Å². The van der Waals surface area contributed by atoms with Crippen LogP contribution in [0.25, 0.3) is 0 Å². The molecule has 1 N–H and O–H groups in total. The number of amides is 1. The quantitative estimate of drug-likeness (QED) is 0.811. The van der Waals surface area contributed by atoms with Crippen molar-refractivity contribution in [3.63, 3.8) is 0 Å². The minimum Gasteiger partial charge on any atom is -0.323 e. The van der Waals surface area contributed by atoms with Crippen LogP contribution in [0.4, 0.5) is 10.1 Å². The smallest absolute Gasteiger partial charge is 0.231 e. The SMILES string of the molecule is CC(C)(CCl)C(=O)Nc1ccncc1F. The molecular formula is C10H12ClFN2O. The number of pyridine rings is 1. The van der Waals surface area contributed by atoms with Crippen LogP contribution in [0.1, 0.15) is 13.8 Å². The molecule has 0 radical (unpaired) electrons. The first-order chi connectivity index (χ1) is 6.97. The Morgan fingerprint density at radius 1 is 1.67 bits per heavy atom. The van der Waals surface area contributed by atoms with Crippen molar-refractivity contribution < 1.29 is 9.18 Å². The van der Waals surface area contributed by atoms with E-state index in [0.29, 0.717) is 0 Å². The van der Waals surface area contributed by atoms with Crippen molar-refractivity contribution >= 4 is 23.2 Å². The van der Waals surface area contributed by atoms with E-state index in [0.717, 1.165) is 6.20 Å². The minimum absolute atomic E-state index is 0.119. The van der Waals surface area contributed by atoms with Crippen LogP contribution in [0.15, 0.2) is 18.5 Å². The van der Waals surface area contributed by atoms with E-state index in [2.05, 4.69) is 10.3 Å². The summed E-state index contributed by atoms with van der Waals surface area (Å²) in [4.78, 5) is 15.2. The number of aromatic nitrogens is 1. The van der Waals surface area contributed by atoms with Crippen molar-refractivity contribution in [2.45, 2.75) is 13.8 Å². The van der Waals surface area contributed by atoms with Gasteiger partial charge in [-0.25, -0.2) is 4.39 Å². The average molecular weight is 231 g/mol. The zero-order valence-electron chi connectivity index (χ0n) is 8.55. The predicted octanol–water partition coefficient (Wildman–Crippen LogP) is 2.42. The molecule has 1 aromatic heterocycles. The van der Waals surface area contributed by atoms with Gasteiger partial charge in [0.25, 0.3) is 0 Å². The molecule has 1 rings (SSSR count). The molecule has 0 aliphatic carbocycles. The topological polar surface area (TPSA) is 42.0 Å². The van der Waals surface area contributed by atoms with Gasteiger partial charge in [0.05, 0.1) is 17.3 Å². The summed E-state index contributed by atoms with van der Waals surface area (Å²) in [7, 11) is 0. The standard InChI is InChI=1S/C10H12ClFN2O/c1-10(2,6-11)9(15)14-8-3-4-13-5-7(8)12/h3-5H,6H2,1-2H3,(H,13,14,15). The van der Waals surface area contributed by atoms with E-state index in [1.165, 1.54) is 12.3 Å². The van der Waals surface area contributed by atoms with Crippen molar-refractivity contribution in [1.29, 1.82) is 0 Å². The van der Waals surface area contributed by atoms with Gasteiger partial charge >= 0.3 is 0 Å². The first-order valence-electron chi connectivity index (χ1n) is 4.44. The largest absolute Gasteiger partial charge is 0.323 e. The molecule has 1 amide bonds. The summed E-state index contributed by atoms with van der Waals surface area (Å²) < 4.78 is 13.1. The molecule has 0 aliphatic heterocycles.